The van der Waals surface area contributed by atoms with Crippen molar-refractivity contribution in [2.24, 2.45) is 5.92 Å². The van der Waals surface area contributed by atoms with Gasteiger partial charge in [0.15, 0.2) is 0 Å². The van der Waals surface area contributed by atoms with Crippen LogP contribution in [-0.4, -0.2) is 60.9 Å². The van der Waals surface area contributed by atoms with Gasteiger partial charge in [0.05, 0.1) is 0 Å². The van der Waals surface area contributed by atoms with Gasteiger partial charge in [-0.05, 0) is 25.8 Å². The molecule has 104 valence electrons. The van der Waals surface area contributed by atoms with Crippen LogP contribution in [0.5, 0.6) is 0 Å². The van der Waals surface area contributed by atoms with Gasteiger partial charge in [-0.25, -0.2) is 0 Å². The zero-order valence-electron chi connectivity index (χ0n) is 11.9. The lowest BCUT2D eigenvalue weighted by atomic mass is 10.1. The fourth-order valence-electron chi connectivity index (χ4n) is 1.97. The molecule has 5 nitrogen and oxygen atoms in total. The van der Waals surface area contributed by atoms with E-state index in [1.54, 1.807) is 16.8 Å². The lowest BCUT2D eigenvalue weighted by Gasteiger charge is -2.29. The Morgan fingerprint density at radius 1 is 1.17 bits per heavy atom. The number of hydrogen-bond donors (Lipinski definition) is 1. The van der Waals surface area contributed by atoms with E-state index in [-0.39, 0.29) is 11.9 Å². The number of nitrogens with one attached hydrogen (secondary N) is 1. The summed E-state index contributed by atoms with van der Waals surface area (Å²) in [6.45, 7) is 9.04. The van der Waals surface area contributed by atoms with Crippen LogP contribution in [0.15, 0.2) is 0 Å². The summed E-state index contributed by atoms with van der Waals surface area (Å²) in [7, 11) is 1.71. The smallest absolute Gasteiger partial charge is 0.312 e. The SMILES string of the molecule is CC(C)C(C)N(C)C(=O)C(=O)N1CCCNCC1. The Morgan fingerprint density at radius 3 is 2.44 bits per heavy atom. The first-order chi connectivity index (χ1) is 8.45. The van der Waals surface area contributed by atoms with E-state index in [1.807, 2.05) is 6.92 Å². The number of amides is 2. The van der Waals surface area contributed by atoms with Crippen molar-refractivity contribution in [3.05, 3.63) is 0 Å². The van der Waals surface area contributed by atoms with Crippen LogP contribution in [-0.2, 0) is 9.59 Å². The third kappa shape index (κ3) is 3.70. The van der Waals surface area contributed by atoms with Gasteiger partial charge in [0.1, 0.15) is 0 Å². The van der Waals surface area contributed by atoms with Crippen molar-refractivity contribution in [1.82, 2.24) is 15.1 Å². The number of likely N-dealkylation sites (N-methyl/N-ethyl adjacent to an activating group) is 1. The topological polar surface area (TPSA) is 52.7 Å². The molecule has 2 amide bonds. The molecule has 0 aromatic rings. The quantitative estimate of drug-likeness (QED) is 0.723. The van der Waals surface area contributed by atoms with Crippen LogP contribution < -0.4 is 5.32 Å². The summed E-state index contributed by atoms with van der Waals surface area (Å²) >= 11 is 0. The molecule has 5 heteroatoms. The molecule has 0 aromatic carbocycles. The minimum Gasteiger partial charge on any atom is -0.335 e. The van der Waals surface area contributed by atoms with E-state index in [9.17, 15) is 9.59 Å². The lowest BCUT2D eigenvalue weighted by Crippen LogP contribution is -2.48. The summed E-state index contributed by atoms with van der Waals surface area (Å²) in [6, 6.07) is 0.0755. The highest BCUT2D eigenvalue weighted by atomic mass is 16.2. The summed E-state index contributed by atoms with van der Waals surface area (Å²) in [5.74, 6) is -0.413. The van der Waals surface area contributed by atoms with Crippen molar-refractivity contribution in [3.8, 4) is 0 Å². The van der Waals surface area contributed by atoms with Crippen LogP contribution in [0.2, 0.25) is 0 Å². The molecule has 1 aliphatic heterocycles. The Kier molecular flexibility index (Phi) is 5.59. The average molecular weight is 255 g/mol. The van der Waals surface area contributed by atoms with Crippen molar-refractivity contribution >= 4 is 11.8 Å². The van der Waals surface area contributed by atoms with Crippen molar-refractivity contribution < 1.29 is 9.59 Å². The zero-order chi connectivity index (χ0) is 13.7. The molecule has 0 radical (unpaired) electrons. The minimum absolute atomic E-state index is 0.0755. The standard InChI is InChI=1S/C13H25N3O2/c1-10(2)11(3)15(4)12(17)13(18)16-8-5-6-14-7-9-16/h10-11,14H,5-9H2,1-4H3. The van der Waals surface area contributed by atoms with Crippen LogP contribution in [0.3, 0.4) is 0 Å². The normalized spacial score (nSPS) is 18.4. The summed E-state index contributed by atoms with van der Waals surface area (Å²) in [5, 5.41) is 3.22. The van der Waals surface area contributed by atoms with Gasteiger partial charge in [0.25, 0.3) is 0 Å². The third-order valence-corrected chi connectivity index (χ3v) is 3.71. The van der Waals surface area contributed by atoms with E-state index in [0.717, 1.165) is 19.5 Å². The molecule has 1 atom stereocenters. The van der Waals surface area contributed by atoms with E-state index in [2.05, 4.69) is 19.2 Å². The molecule has 1 rings (SSSR count). The monoisotopic (exact) mass is 255 g/mol. The highest BCUT2D eigenvalue weighted by Gasteiger charge is 2.28. The fraction of sp³-hybridized carbons (Fsp3) is 0.846. The first-order valence-electron chi connectivity index (χ1n) is 6.72. The van der Waals surface area contributed by atoms with Gasteiger partial charge in [-0.1, -0.05) is 13.8 Å². The first-order valence-corrected chi connectivity index (χ1v) is 6.72. The van der Waals surface area contributed by atoms with Crippen LogP contribution in [0, 0.1) is 5.92 Å². The van der Waals surface area contributed by atoms with Crippen LogP contribution >= 0.6 is 0 Å². The van der Waals surface area contributed by atoms with Crippen LogP contribution in [0.1, 0.15) is 27.2 Å². The molecule has 0 spiro atoms. The fourth-order valence-corrected chi connectivity index (χ4v) is 1.97. The molecule has 0 aromatic heterocycles. The van der Waals surface area contributed by atoms with E-state index in [4.69, 9.17) is 0 Å². The second-order valence-corrected chi connectivity index (χ2v) is 5.30. The van der Waals surface area contributed by atoms with E-state index >= 15 is 0 Å². The molecular weight excluding hydrogens is 230 g/mol. The van der Waals surface area contributed by atoms with E-state index in [1.165, 1.54) is 0 Å². The Morgan fingerprint density at radius 2 is 1.83 bits per heavy atom. The predicted molar refractivity (Wildman–Crippen MR) is 71.1 cm³/mol. The van der Waals surface area contributed by atoms with Crippen molar-refractivity contribution in [2.45, 2.75) is 33.2 Å². The summed E-state index contributed by atoms with van der Waals surface area (Å²) in [5.41, 5.74) is 0. The number of carbonyl (C=O) groups excluding carboxylic acids is 2. The van der Waals surface area contributed by atoms with Crippen molar-refractivity contribution in [3.63, 3.8) is 0 Å². The second kappa shape index (κ2) is 6.73. The first kappa shape index (κ1) is 15.0. The Hall–Kier alpha value is -1.10. The van der Waals surface area contributed by atoms with Gasteiger partial charge in [-0.3, -0.25) is 9.59 Å². The molecule has 0 saturated carbocycles. The highest BCUT2D eigenvalue weighted by molar-refractivity contribution is 6.34. The van der Waals surface area contributed by atoms with E-state index < -0.39 is 5.91 Å². The Balaban J connectivity index is 2.61. The lowest BCUT2D eigenvalue weighted by molar-refractivity contribution is -0.152. The maximum Gasteiger partial charge on any atom is 0.312 e. The third-order valence-electron chi connectivity index (χ3n) is 3.71. The number of hydrogen-bond acceptors (Lipinski definition) is 3. The number of carbonyl (C=O) groups is 2. The van der Waals surface area contributed by atoms with Gasteiger partial charge >= 0.3 is 11.8 Å². The summed E-state index contributed by atoms with van der Waals surface area (Å²) in [4.78, 5) is 27.5. The summed E-state index contributed by atoms with van der Waals surface area (Å²) < 4.78 is 0. The van der Waals surface area contributed by atoms with Crippen LogP contribution in [0.4, 0.5) is 0 Å². The Bertz CT molecular complexity index is 285. The van der Waals surface area contributed by atoms with Gasteiger partial charge in [-0.15, -0.1) is 0 Å². The average Bonchev–Trinajstić information content (AvgIpc) is 2.63. The van der Waals surface area contributed by atoms with E-state index in [0.29, 0.717) is 19.0 Å². The Labute approximate surface area is 110 Å². The van der Waals surface area contributed by atoms with Gasteiger partial charge in [0.2, 0.25) is 0 Å². The minimum atomic E-state index is -0.391. The van der Waals surface area contributed by atoms with Gasteiger partial charge in [-0.2, -0.15) is 0 Å². The molecule has 0 aliphatic carbocycles. The molecule has 1 unspecified atom stereocenters. The number of rotatable bonds is 2. The highest BCUT2D eigenvalue weighted by Crippen LogP contribution is 2.09. The van der Waals surface area contributed by atoms with Gasteiger partial charge in [0, 0.05) is 32.7 Å². The van der Waals surface area contributed by atoms with Crippen molar-refractivity contribution in [1.29, 1.82) is 0 Å². The molecule has 1 saturated heterocycles. The van der Waals surface area contributed by atoms with Gasteiger partial charge < -0.3 is 15.1 Å². The zero-order valence-corrected chi connectivity index (χ0v) is 11.9. The predicted octanol–water partition coefficient (Wildman–Crippen LogP) is 0.311. The maximum atomic E-state index is 12.1. The molecule has 18 heavy (non-hydrogen) atoms. The van der Waals surface area contributed by atoms with Crippen LogP contribution in [0.25, 0.3) is 0 Å². The summed E-state index contributed by atoms with van der Waals surface area (Å²) in [6.07, 6.45) is 0.905. The molecule has 1 aliphatic rings. The largest absolute Gasteiger partial charge is 0.335 e. The molecule has 1 N–H and O–H groups in total. The molecule has 1 heterocycles. The van der Waals surface area contributed by atoms with Crippen molar-refractivity contribution in [2.75, 3.05) is 33.2 Å². The number of nitrogens with zero attached hydrogens (tertiary/aromatic N) is 2. The molecular formula is C13H25N3O2. The molecule has 1 fully saturated rings. The molecule has 0 bridgehead atoms. The second-order valence-electron chi connectivity index (χ2n) is 5.30. The maximum absolute atomic E-state index is 12.1.